The number of fused-ring (bicyclic) bond motifs is 1. The number of imidazole rings is 1. The molecule has 17 heavy (non-hydrogen) atoms. The first-order valence-corrected chi connectivity index (χ1v) is 6.26. The lowest BCUT2D eigenvalue weighted by Crippen LogP contribution is -1.85. The average molecular weight is 336 g/mol. The second-order valence-corrected chi connectivity index (χ2v) is 4.90. The molecule has 0 spiro atoms. The van der Waals surface area contributed by atoms with Crippen molar-refractivity contribution in [3.05, 3.63) is 46.0 Å². The number of rotatable bonds is 1. The third-order valence-corrected chi connectivity index (χ3v) is 3.52. The number of phenolic OH excluding ortho intramolecular Hbond substituents is 1. The SMILES string of the molecule is Oc1cccc(I)c1-c1nc2ccccc2[nH]1. The molecule has 0 aliphatic heterocycles. The smallest absolute Gasteiger partial charge is 0.143 e. The molecule has 0 aliphatic rings. The highest BCUT2D eigenvalue weighted by Crippen LogP contribution is 2.32. The summed E-state index contributed by atoms with van der Waals surface area (Å²) in [6.45, 7) is 0. The van der Waals surface area contributed by atoms with E-state index >= 15 is 0 Å². The van der Waals surface area contributed by atoms with Crippen LogP contribution in [0.25, 0.3) is 22.4 Å². The molecule has 0 radical (unpaired) electrons. The zero-order chi connectivity index (χ0) is 11.8. The number of halogens is 1. The molecule has 3 rings (SSSR count). The highest BCUT2D eigenvalue weighted by Gasteiger charge is 2.12. The van der Waals surface area contributed by atoms with E-state index in [-0.39, 0.29) is 5.75 Å². The Balaban J connectivity index is 2.27. The summed E-state index contributed by atoms with van der Waals surface area (Å²) in [6.07, 6.45) is 0. The molecule has 0 amide bonds. The Morgan fingerprint density at radius 3 is 2.65 bits per heavy atom. The summed E-state index contributed by atoms with van der Waals surface area (Å²) >= 11 is 2.19. The van der Waals surface area contributed by atoms with Gasteiger partial charge in [-0.05, 0) is 46.9 Å². The first-order chi connectivity index (χ1) is 8.25. The van der Waals surface area contributed by atoms with Gasteiger partial charge in [-0.15, -0.1) is 0 Å². The average Bonchev–Trinajstić information content (AvgIpc) is 2.71. The van der Waals surface area contributed by atoms with E-state index < -0.39 is 0 Å². The monoisotopic (exact) mass is 336 g/mol. The summed E-state index contributed by atoms with van der Waals surface area (Å²) in [7, 11) is 0. The molecule has 84 valence electrons. The fraction of sp³-hybridized carbons (Fsp3) is 0. The number of aromatic amines is 1. The molecule has 0 unspecified atom stereocenters. The van der Waals surface area contributed by atoms with Gasteiger partial charge in [-0.3, -0.25) is 0 Å². The minimum Gasteiger partial charge on any atom is -0.507 e. The van der Waals surface area contributed by atoms with Crippen LogP contribution in [0.15, 0.2) is 42.5 Å². The Hall–Kier alpha value is -1.56. The molecule has 0 aliphatic carbocycles. The number of nitrogens with one attached hydrogen (secondary N) is 1. The summed E-state index contributed by atoms with van der Waals surface area (Å²) in [5.74, 6) is 0.949. The lowest BCUT2D eigenvalue weighted by Gasteiger charge is -2.03. The zero-order valence-electron chi connectivity index (χ0n) is 8.81. The molecule has 3 nitrogen and oxygen atoms in total. The highest BCUT2D eigenvalue weighted by atomic mass is 127. The molecule has 4 heteroatoms. The van der Waals surface area contributed by atoms with Crippen LogP contribution in [0.3, 0.4) is 0 Å². The Bertz CT molecular complexity index is 637. The lowest BCUT2D eigenvalue weighted by molar-refractivity contribution is 0.476. The van der Waals surface area contributed by atoms with Crippen LogP contribution in [-0.4, -0.2) is 15.1 Å². The minimum atomic E-state index is 0.246. The maximum Gasteiger partial charge on any atom is 0.143 e. The van der Waals surface area contributed by atoms with Crippen LogP contribution in [0.4, 0.5) is 0 Å². The van der Waals surface area contributed by atoms with Crippen molar-refractivity contribution in [3.8, 4) is 17.1 Å². The molecule has 1 heterocycles. The van der Waals surface area contributed by atoms with Crippen LogP contribution in [0.1, 0.15) is 0 Å². The number of hydrogen-bond donors (Lipinski definition) is 2. The number of nitrogens with zero attached hydrogens (tertiary/aromatic N) is 1. The van der Waals surface area contributed by atoms with Crippen LogP contribution >= 0.6 is 22.6 Å². The fourth-order valence-corrected chi connectivity index (χ4v) is 2.56. The summed E-state index contributed by atoms with van der Waals surface area (Å²) < 4.78 is 0.974. The van der Waals surface area contributed by atoms with Gasteiger partial charge >= 0.3 is 0 Å². The van der Waals surface area contributed by atoms with Crippen LogP contribution in [0.2, 0.25) is 0 Å². The second kappa shape index (κ2) is 4.03. The van der Waals surface area contributed by atoms with Gasteiger partial charge in [0.25, 0.3) is 0 Å². The molecule has 0 fully saturated rings. The Morgan fingerprint density at radius 2 is 1.88 bits per heavy atom. The quantitative estimate of drug-likeness (QED) is 0.668. The van der Waals surface area contributed by atoms with Crippen molar-refractivity contribution in [1.82, 2.24) is 9.97 Å². The predicted octanol–water partition coefficient (Wildman–Crippen LogP) is 3.54. The zero-order valence-corrected chi connectivity index (χ0v) is 11.0. The Morgan fingerprint density at radius 1 is 1.06 bits per heavy atom. The van der Waals surface area contributed by atoms with Crippen LogP contribution in [-0.2, 0) is 0 Å². The second-order valence-electron chi connectivity index (χ2n) is 3.74. The van der Waals surface area contributed by atoms with Crippen molar-refractivity contribution in [2.24, 2.45) is 0 Å². The number of aromatic nitrogens is 2. The number of para-hydroxylation sites is 2. The largest absolute Gasteiger partial charge is 0.507 e. The number of hydrogen-bond acceptors (Lipinski definition) is 2. The molecule has 0 saturated heterocycles. The van der Waals surface area contributed by atoms with E-state index in [4.69, 9.17) is 0 Å². The molecule has 0 saturated carbocycles. The third-order valence-electron chi connectivity index (χ3n) is 2.62. The van der Waals surface area contributed by atoms with Crippen molar-refractivity contribution >= 4 is 33.6 Å². The fourth-order valence-electron chi connectivity index (χ4n) is 1.82. The first kappa shape index (κ1) is 10.6. The summed E-state index contributed by atoms with van der Waals surface area (Å²) in [6, 6.07) is 13.3. The number of H-pyrrole nitrogens is 1. The maximum atomic E-state index is 9.91. The molecule has 2 N–H and O–H groups in total. The standard InChI is InChI=1S/C13H9IN2O/c14-8-4-3-7-11(17)12(8)13-15-9-5-1-2-6-10(9)16-13/h1-7,17H,(H,15,16). The summed E-state index contributed by atoms with van der Waals surface area (Å²) in [4.78, 5) is 7.70. The number of benzene rings is 2. The van der Waals surface area contributed by atoms with Crippen LogP contribution < -0.4 is 0 Å². The number of aromatic hydroxyl groups is 1. The van der Waals surface area contributed by atoms with Gasteiger partial charge in [-0.1, -0.05) is 18.2 Å². The molecule has 2 aromatic carbocycles. The van der Waals surface area contributed by atoms with E-state index in [0.29, 0.717) is 5.82 Å². The van der Waals surface area contributed by atoms with E-state index in [1.165, 1.54) is 0 Å². The molecular formula is C13H9IN2O. The van der Waals surface area contributed by atoms with E-state index in [0.717, 1.165) is 20.2 Å². The van der Waals surface area contributed by atoms with Gasteiger partial charge in [0.05, 0.1) is 16.6 Å². The van der Waals surface area contributed by atoms with Crippen LogP contribution in [0, 0.1) is 3.57 Å². The Labute approximate surface area is 112 Å². The van der Waals surface area contributed by atoms with Crippen LogP contribution in [0.5, 0.6) is 5.75 Å². The van der Waals surface area contributed by atoms with E-state index in [2.05, 4.69) is 32.6 Å². The lowest BCUT2D eigenvalue weighted by atomic mass is 10.2. The van der Waals surface area contributed by atoms with Gasteiger partial charge in [0, 0.05) is 3.57 Å². The van der Waals surface area contributed by atoms with E-state index in [1.54, 1.807) is 6.07 Å². The van der Waals surface area contributed by atoms with Gasteiger partial charge in [-0.2, -0.15) is 0 Å². The minimum absolute atomic E-state index is 0.246. The third kappa shape index (κ3) is 1.78. The molecule has 3 aromatic rings. The van der Waals surface area contributed by atoms with Crippen molar-refractivity contribution in [2.75, 3.05) is 0 Å². The van der Waals surface area contributed by atoms with Gasteiger partial charge in [0.2, 0.25) is 0 Å². The first-order valence-electron chi connectivity index (χ1n) is 5.18. The topological polar surface area (TPSA) is 48.9 Å². The molecule has 1 aromatic heterocycles. The van der Waals surface area contributed by atoms with Gasteiger partial charge < -0.3 is 10.1 Å². The normalized spacial score (nSPS) is 10.9. The molecule has 0 bridgehead atoms. The highest BCUT2D eigenvalue weighted by molar-refractivity contribution is 14.1. The van der Waals surface area contributed by atoms with Crippen molar-refractivity contribution in [3.63, 3.8) is 0 Å². The molecule has 0 atom stereocenters. The molecular weight excluding hydrogens is 327 g/mol. The Kier molecular flexibility index (Phi) is 2.51. The van der Waals surface area contributed by atoms with Crippen molar-refractivity contribution in [2.45, 2.75) is 0 Å². The maximum absolute atomic E-state index is 9.91. The summed E-state index contributed by atoms with van der Waals surface area (Å²) in [5, 5.41) is 9.91. The van der Waals surface area contributed by atoms with E-state index in [9.17, 15) is 5.11 Å². The number of phenols is 1. The van der Waals surface area contributed by atoms with Crippen molar-refractivity contribution in [1.29, 1.82) is 0 Å². The van der Waals surface area contributed by atoms with Crippen molar-refractivity contribution < 1.29 is 5.11 Å². The predicted molar refractivity (Wildman–Crippen MR) is 75.9 cm³/mol. The van der Waals surface area contributed by atoms with Gasteiger partial charge in [0.1, 0.15) is 11.6 Å². The van der Waals surface area contributed by atoms with Gasteiger partial charge in [0.15, 0.2) is 0 Å². The summed E-state index contributed by atoms with van der Waals surface area (Å²) in [5.41, 5.74) is 2.63. The van der Waals surface area contributed by atoms with Gasteiger partial charge in [-0.25, -0.2) is 4.98 Å². The van der Waals surface area contributed by atoms with E-state index in [1.807, 2.05) is 36.4 Å².